The first-order chi connectivity index (χ1) is 8.71. The lowest BCUT2D eigenvalue weighted by Gasteiger charge is -2.36. The molecule has 100 valence electrons. The van der Waals surface area contributed by atoms with Crippen LogP contribution >= 0.6 is 0 Å². The van der Waals surface area contributed by atoms with Crippen LogP contribution in [0.25, 0.3) is 0 Å². The predicted molar refractivity (Wildman–Crippen MR) is 68.1 cm³/mol. The van der Waals surface area contributed by atoms with E-state index in [0.29, 0.717) is 19.6 Å². The quantitative estimate of drug-likeness (QED) is 0.565. The molecule has 0 aromatic carbocycles. The highest BCUT2D eigenvalue weighted by atomic mass is 16.7. The smallest absolute Gasteiger partial charge is 0.235 e. The van der Waals surface area contributed by atoms with Gasteiger partial charge in [0.25, 0.3) is 0 Å². The Labute approximate surface area is 107 Å². The zero-order valence-electron chi connectivity index (χ0n) is 10.8. The molecule has 2 rings (SSSR count). The van der Waals surface area contributed by atoms with Crippen molar-refractivity contribution in [1.82, 2.24) is 4.90 Å². The van der Waals surface area contributed by atoms with E-state index in [1.54, 1.807) is 7.05 Å². The molecule has 1 atom stereocenters. The van der Waals surface area contributed by atoms with Gasteiger partial charge < -0.3 is 9.47 Å². The van der Waals surface area contributed by atoms with Gasteiger partial charge in [-0.3, -0.25) is 14.7 Å². The molecule has 18 heavy (non-hydrogen) atoms. The van der Waals surface area contributed by atoms with Gasteiger partial charge in [0.1, 0.15) is 0 Å². The number of ether oxygens (including phenoxy) is 2. The summed E-state index contributed by atoms with van der Waals surface area (Å²) in [5.74, 6) is -0.573. The molecule has 2 aliphatic rings. The van der Waals surface area contributed by atoms with Crippen molar-refractivity contribution in [2.75, 3.05) is 20.3 Å². The number of hydrogen-bond acceptors (Lipinski definition) is 4. The summed E-state index contributed by atoms with van der Waals surface area (Å²) < 4.78 is 11.4. The van der Waals surface area contributed by atoms with Crippen LogP contribution < -0.4 is 0 Å². The standard InChI is InChI=1S/C13H20N2O3/c1-3-15(10-14-2)12(16)11-5-4-6-13(9-11)17-7-8-18-13/h3,10-11H,1,4-9H2,2H3. The van der Waals surface area contributed by atoms with Crippen molar-refractivity contribution in [3.05, 3.63) is 12.8 Å². The predicted octanol–water partition coefficient (Wildman–Crippen LogP) is 1.55. The minimum Gasteiger partial charge on any atom is -0.348 e. The van der Waals surface area contributed by atoms with Gasteiger partial charge in [-0.05, 0) is 12.8 Å². The Morgan fingerprint density at radius 3 is 2.83 bits per heavy atom. The molecule has 1 heterocycles. The van der Waals surface area contributed by atoms with Crippen LogP contribution in [0.15, 0.2) is 17.8 Å². The van der Waals surface area contributed by atoms with Gasteiger partial charge in [-0.15, -0.1) is 0 Å². The lowest BCUT2D eigenvalue weighted by Crippen LogP contribution is -2.42. The van der Waals surface area contributed by atoms with Gasteiger partial charge in [0, 0.05) is 32.0 Å². The maximum Gasteiger partial charge on any atom is 0.235 e. The van der Waals surface area contributed by atoms with Crippen molar-refractivity contribution in [2.45, 2.75) is 31.5 Å². The Bertz CT molecular complexity index is 348. The fourth-order valence-corrected chi connectivity index (χ4v) is 2.70. The summed E-state index contributed by atoms with van der Waals surface area (Å²) in [5.41, 5.74) is 0. The lowest BCUT2D eigenvalue weighted by molar-refractivity contribution is -0.190. The maximum atomic E-state index is 12.3. The minimum absolute atomic E-state index is 0.0220. The Morgan fingerprint density at radius 2 is 2.22 bits per heavy atom. The lowest BCUT2D eigenvalue weighted by atomic mass is 9.84. The van der Waals surface area contributed by atoms with Crippen LogP contribution in [0, 0.1) is 5.92 Å². The van der Waals surface area contributed by atoms with Gasteiger partial charge in [0.15, 0.2) is 5.79 Å². The second kappa shape index (κ2) is 5.63. The van der Waals surface area contributed by atoms with E-state index >= 15 is 0 Å². The number of rotatable bonds is 3. The average molecular weight is 252 g/mol. The molecule has 0 N–H and O–H groups in total. The van der Waals surface area contributed by atoms with E-state index in [4.69, 9.17) is 9.47 Å². The van der Waals surface area contributed by atoms with E-state index in [0.717, 1.165) is 19.3 Å². The fraction of sp³-hybridized carbons (Fsp3) is 0.692. The van der Waals surface area contributed by atoms with Crippen molar-refractivity contribution in [2.24, 2.45) is 10.9 Å². The summed E-state index contributed by atoms with van der Waals surface area (Å²) in [4.78, 5) is 17.6. The average Bonchev–Trinajstić information content (AvgIpc) is 2.83. The molecule has 1 aliphatic carbocycles. The van der Waals surface area contributed by atoms with Crippen molar-refractivity contribution in [3.63, 3.8) is 0 Å². The molecule has 5 nitrogen and oxygen atoms in total. The Kier molecular flexibility index (Phi) is 4.14. The third-order valence-electron chi connectivity index (χ3n) is 3.52. The third kappa shape index (κ3) is 2.62. The molecule has 1 unspecified atom stereocenters. The van der Waals surface area contributed by atoms with Gasteiger partial charge in [-0.25, -0.2) is 0 Å². The highest BCUT2D eigenvalue weighted by molar-refractivity contribution is 5.90. The first-order valence-electron chi connectivity index (χ1n) is 6.36. The SMILES string of the molecule is C=CN(C=NC)C(=O)C1CCCC2(C1)OCCO2. The van der Waals surface area contributed by atoms with Crippen LogP contribution in [0.3, 0.4) is 0 Å². The summed E-state index contributed by atoms with van der Waals surface area (Å²) in [6.45, 7) is 4.89. The van der Waals surface area contributed by atoms with Crippen molar-refractivity contribution in [3.8, 4) is 0 Å². The maximum absolute atomic E-state index is 12.3. The molecule has 1 aliphatic heterocycles. The molecule has 0 aromatic heterocycles. The topological polar surface area (TPSA) is 51.1 Å². The van der Waals surface area contributed by atoms with Crippen molar-refractivity contribution < 1.29 is 14.3 Å². The summed E-state index contributed by atoms with van der Waals surface area (Å²) in [5, 5.41) is 0. The minimum atomic E-state index is -0.519. The number of nitrogens with zero attached hydrogens (tertiary/aromatic N) is 2. The number of hydrogen-bond donors (Lipinski definition) is 0. The van der Waals surface area contributed by atoms with Gasteiger partial charge in [-0.2, -0.15) is 0 Å². The van der Waals surface area contributed by atoms with Crippen LogP contribution in [0.1, 0.15) is 25.7 Å². The Balaban J connectivity index is 2.03. The molecule has 1 saturated carbocycles. The van der Waals surface area contributed by atoms with Gasteiger partial charge in [0.2, 0.25) is 5.91 Å². The normalized spacial score (nSPS) is 26.6. The molecule has 0 aromatic rings. The Hall–Kier alpha value is -1.20. The molecule has 1 saturated heterocycles. The first kappa shape index (κ1) is 13.2. The Morgan fingerprint density at radius 1 is 1.50 bits per heavy atom. The summed E-state index contributed by atoms with van der Waals surface area (Å²) in [7, 11) is 1.63. The largest absolute Gasteiger partial charge is 0.348 e. The monoisotopic (exact) mass is 252 g/mol. The van der Waals surface area contributed by atoms with Crippen molar-refractivity contribution in [1.29, 1.82) is 0 Å². The molecular weight excluding hydrogens is 232 g/mol. The van der Waals surface area contributed by atoms with E-state index in [1.807, 2.05) is 0 Å². The van der Waals surface area contributed by atoms with Crippen LogP contribution in [0.5, 0.6) is 0 Å². The van der Waals surface area contributed by atoms with E-state index in [-0.39, 0.29) is 11.8 Å². The van der Waals surface area contributed by atoms with E-state index < -0.39 is 5.79 Å². The van der Waals surface area contributed by atoms with E-state index in [2.05, 4.69) is 11.6 Å². The van der Waals surface area contributed by atoms with Crippen LogP contribution in [-0.4, -0.2) is 43.2 Å². The summed E-state index contributed by atoms with van der Waals surface area (Å²) in [6.07, 6.45) is 6.32. The second-order valence-electron chi connectivity index (χ2n) is 4.70. The number of carbonyl (C=O) groups is 1. The van der Waals surface area contributed by atoms with Gasteiger partial charge in [-0.1, -0.05) is 6.58 Å². The van der Waals surface area contributed by atoms with E-state index in [1.165, 1.54) is 17.4 Å². The highest BCUT2D eigenvalue weighted by Gasteiger charge is 2.43. The number of aliphatic imine (C=N–C) groups is 1. The number of carbonyl (C=O) groups excluding carboxylic acids is 1. The summed E-state index contributed by atoms with van der Waals surface area (Å²) >= 11 is 0. The molecule has 5 heteroatoms. The molecule has 0 bridgehead atoms. The van der Waals surface area contributed by atoms with Crippen LogP contribution in [0.2, 0.25) is 0 Å². The molecule has 1 spiro atoms. The van der Waals surface area contributed by atoms with E-state index in [9.17, 15) is 4.79 Å². The number of amides is 1. The fourth-order valence-electron chi connectivity index (χ4n) is 2.70. The van der Waals surface area contributed by atoms with Gasteiger partial charge >= 0.3 is 0 Å². The molecule has 1 amide bonds. The van der Waals surface area contributed by atoms with Crippen molar-refractivity contribution >= 4 is 12.2 Å². The zero-order chi connectivity index (χ0) is 13.0. The molecular formula is C13H20N2O3. The zero-order valence-corrected chi connectivity index (χ0v) is 10.8. The van der Waals surface area contributed by atoms with Crippen LogP contribution in [0.4, 0.5) is 0 Å². The second-order valence-corrected chi connectivity index (χ2v) is 4.70. The first-order valence-corrected chi connectivity index (χ1v) is 6.36. The highest BCUT2D eigenvalue weighted by Crippen LogP contribution is 2.39. The summed E-state index contributed by atoms with van der Waals surface area (Å²) in [6, 6.07) is 0. The van der Waals surface area contributed by atoms with Crippen LogP contribution in [-0.2, 0) is 14.3 Å². The molecule has 2 fully saturated rings. The molecule has 0 radical (unpaired) electrons. The third-order valence-corrected chi connectivity index (χ3v) is 3.52. The van der Waals surface area contributed by atoms with Gasteiger partial charge in [0.05, 0.1) is 19.6 Å².